The minimum absolute atomic E-state index is 0.0725. The number of anilines is 3. The zero-order valence-electron chi connectivity index (χ0n) is 22.5. The Morgan fingerprint density at radius 1 is 0.622 bits per heavy atom. The summed E-state index contributed by atoms with van der Waals surface area (Å²) < 4.78 is 1.28. The van der Waals surface area contributed by atoms with Crippen molar-refractivity contribution in [2.45, 2.75) is 52.4 Å². The van der Waals surface area contributed by atoms with Crippen molar-refractivity contribution in [2.75, 3.05) is 4.90 Å². The minimum Gasteiger partial charge on any atom is -0.309 e. The van der Waals surface area contributed by atoms with Gasteiger partial charge in [-0.25, -0.2) is 0 Å². The fraction of sp³-hybridized carbons (Fsp3) is 0.235. The molecule has 1 nitrogen and oxygen atoms in total. The van der Waals surface area contributed by atoms with Crippen LogP contribution in [0.25, 0.3) is 21.2 Å². The molecule has 0 aliphatic rings. The molecule has 5 rings (SSSR count). The summed E-state index contributed by atoms with van der Waals surface area (Å²) in [5.41, 5.74) is 8.42. The summed E-state index contributed by atoms with van der Waals surface area (Å²) in [6.07, 6.45) is 0. The Hall–Kier alpha value is -3.07. The Kier molecular flexibility index (Phi) is 6.68. The van der Waals surface area contributed by atoms with Gasteiger partial charge in [0.2, 0.25) is 0 Å². The van der Waals surface area contributed by atoms with E-state index in [0.717, 1.165) is 27.5 Å². The van der Waals surface area contributed by atoms with Crippen LogP contribution in [0.2, 0.25) is 5.02 Å². The number of hydrogen-bond acceptors (Lipinski definition) is 2. The highest BCUT2D eigenvalue weighted by atomic mass is 35.5. The molecule has 1 heterocycles. The first-order valence-electron chi connectivity index (χ1n) is 12.8. The van der Waals surface area contributed by atoms with Gasteiger partial charge in [0.25, 0.3) is 0 Å². The van der Waals surface area contributed by atoms with Crippen molar-refractivity contribution in [3.63, 3.8) is 0 Å². The van der Waals surface area contributed by atoms with Gasteiger partial charge in [-0.15, -0.1) is 11.3 Å². The lowest BCUT2D eigenvalue weighted by molar-refractivity contribution is 0.590. The van der Waals surface area contributed by atoms with Gasteiger partial charge in [0.15, 0.2) is 0 Å². The summed E-state index contributed by atoms with van der Waals surface area (Å²) in [5.74, 6) is 0. The van der Waals surface area contributed by atoms with E-state index in [9.17, 15) is 0 Å². The zero-order chi connectivity index (χ0) is 26.4. The lowest BCUT2D eigenvalue weighted by atomic mass is 9.86. The van der Waals surface area contributed by atoms with E-state index in [1.807, 2.05) is 12.1 Å². The molecule has 0 aliphatic heterocycles. The maximum absolute atomic E-state index is 6.76. The molecular formula is C34H34ClNS. The smallest absolute Gasteiger partial charge is 0.0647 e. The van der Waals surface area contributed by atoms with Crippen LogP contribution in [0.3, 0.4) is 0 Å². The molecule has 0 fully saturated rings. The van der Waals surface area contributed by atoms with Crippen molar-refractivity contribution in [3.8, 4) is 11.1 Å². The average molecular weight is 524 g/mol. The van der Waals surface area contributed by atoms with Gasteiger partial charge < -0.3 is 4.90 Å². The molecule has 5 aromatic rings. The number of halogens is 1. The molecule has 0 amide bonds. The second-order valence-corrected chi connectivity index (χ2v) is 13.1. The van der Waals surface area contributed by atoms with Crippen LogP contribution in [0.4, 0.5) is 17.1 Å². The monoisotopic (exact) mass is 523 g/mol. The third-order valence-corrected chi connectivity index (χ3v) is 8.07. The van der Waals surface area contributed by atoms with Crippen LogP contribution in [0.1, 0.15) is 52.7 Å². The van der Waals surface area contributed by atoms with Crippen LogP contribution in [0, 0.1) is 0 Å². The summed E-state index contributed by atoms with van der Waals surface area (Å²) >= 11 is 8.55. The van der Waals surface area contributed by atoms with E-state index in [1.54, 1.807) is 11.3 Å². The lowest BCUT2D eigenvalue weighted by Gasteiger charge is -2.27. The van der Waals surface area contributed by atoms with Gasteiger partial charge in [0.1, 0.15) is 0 Å². The first-order valence-corrected chi connectivity index (χ1v) is 14.0. The number of hydrogen-bond donors (Lipinski definition) is 0. The first-order chi connectivity index (χ1) is 17.5. The highest BCUT2D eigenvalue weighted by molar-refractivity contribution is 7.17. The van der Waals surface area contributed by atoms with E-state index in [-0.39, 0.29) is 10.8 Å². The Bertz CT molecular complexity index is 1530. The van der Waals surface area contributed by atoms with E-state index in [1.165, 1.54) is 26.9 Å². The van der Waals surface area contributed by atoms with Crippen LogP contribution in [0.5, 0.6) is 0 Å². The number of rotatable bonds is 4. The van der Waals surface area contributed by atoms with Crippen molar-refractivity contribution < 1.29 is 0 Å². The van der Waals surface area contributed by atoms with Crippen LogP contribution >= 0.6 is 22.9 Å². The molecule has 0 unspecified atom stereocenters. The predicted octanol–water partition coefficient (Wildman–Crippen LogP) is 11.3. The molecule has 0 saturated carbocycles. The third-order valence-electron chi connectivity index (χ3n) is 6.90. The molecule has 0 aliphatic carbocycles. The SMILES string of the molecule is CC(C)(C)c1ccc(N(c2cc(Cl)cc(-c3ccccc3)c2)c2csc3ccc(C(C)(C)C)cc23)cc1. The van der Waals surface area contributed by atoms with Crippen LogP contribution < -0.4 is 4.90 Å². The van der Waals surface area contributed by atoms with Gasteiger partial charge in [-0.05, 0) is 75.5 Å². The molecule has 37 heavy (non-hydrogen) atoms. The molecule has 0 bridgehead atoms. The highest BCUT2D eigenvalue weighted by Gasteiger charge is 2.22. The van der Waals surface area contributed by atoms with Crippen LogP contribution in [-0.4, -0.2) is 0 Å². The number of benzene rings is 4. The van der Waals surface area contributed by atoms with Crippen LogP contribution in [-0.2, 0) is 10.8 Å². The maximum Gasteiger partial charge on any atom is 0.0647 e. The fourth-order valence-corrected chi connectivity index (χ4v) is 5.83. The second kappa shape index (κ2) is 9.67. The molecule has 0 saturated heterocycles. The molecule has 0 radical (unpaired) electrons. The molecule has 188 valence electrons. The van der Waals surface area contributed by atoms with Crippen molar-refractivity contribution in [1.29, 1.82) is 0 Å². The van der Waals surface area contributed by atoms with Gasteiger partial charge in [0.05, 0.1) is 5.69 Å². The van der Waals surface area contributed by atoms with E-state index in [0.29, 0.717) is 0 Å². The van der Waals surface area contributed by atoms with Crippen molar-refractivity contribution >= 4 is 50.1 Å². The largest absolute Gasteiger partial charge is 0.309 e. The van der Waals surface area contributed by atoms with E-state index >= 15 is 0 Å². The zero-order valence-corrected chi connectivity index (χ0v) is 24.0. The topological polar surface area (TPSA) is 3.24 Å². The molecule has 0 N–H and O–H groups in total. The Balaban J connectivity index is 1.73. The molecule has 0 atom stereocenters. The van der Waals surface area contributed by atoms with E-state index in [2.05, 4.69) is 131 Å². The minimum atomic E-state index is 0.0725. The van der Waals surface area contributed by atoms with Gasteiger partial charge in [0, 0.05) is 31.9 Å². The highest BCUT2D eigenvalue weighted by Crippen LogP contribution is 2.45. The summed E-state index contributed by atoms with van der Waals surface area (Å²) in [6, 6.07) is 32.7. The molecule has 1 aromatic heterocycles. The standard InChI is InChI=1S/C34H34ClNS/c1-33(2,3)25-12-15-28(16-13-25)36(29-19-24(18-27(35)21-29)23-10-8-7-9-11-23)31-22-37-32-17-14-26(20-30(31)32)34(4,5)6/h7-22H,1-6H3. The molecule has 4 aromatic carbocycles. The normalized spacial score (nSPS) is 12.2. The Labute approximate surface area is 230 Å². The van der Waals surface area contributed by atoms with Gasteiger partial charge in [-0.3, -0.25) is 0 Å². The van der Waals surface area contributed by atoms with E-state index in [4.69, 9.17) is 11.6 Å². The van der Waals surface area contributed by atoms with Gasteiger partial charge in [-0.2, -0.15) is 0 Å². The van der Waals surface area contributed by atoms with Crippen molar-refractivity contribution in [3.05, 3.63) is 113 Å². The lowest BCUT2D eigenvalue weighted by Crippen LogP contribution is -2.13. The number of thiophene rings is 1. The fourth-order valence-electron chi connectivity index (χ4n) is 4.69. The average Bonchev–Trinajstić information content (AvgIpc) is 3.27. The maximum atomic E-state index is 6.76. The number of fused-ring (bicyclic) bond motifs is 1. The quantitative estimate of drug-likeness (QED) is 0.226. The summed E-state index contributed by atoms with van der Waals surface area (Å²) in [6.45, 7) is 13.6. The molecule has 3 heteroatoms. The Morgan fingerprint density at radius 2 is 1.27 bits per heavy atom. The Morgan fingerprint density at radius 3 is 1.92 bits per heavy atom. The second-order valence-electron chi connectivity index (χ2n) is 11.8. The summed E-state index contributed by atoms with van der Waals surface area (Å²) in [4.78, 5) is 2.36. The molecule has 0 spiro atoms. The first kappa shape index (κ1) is 25.6. The van der Waals surface area contributed by atoms with E-state index < -0.39 is 0 Å². The van der Waals surface area contributed by atoms with Crippen molar-refractivity contribution in [2.24, 2.45) is 0 Å². The van der Waals surface area contributed by atoms with Crippen LogP contribution in [0.15, 0.2) is 96.4 Å². The molecular weight excluding hydrogens is 490 g/mol. The van der Waals surface area contributed by atoms with Crippen molar-refractivity contribution in [1.82, 2.24) is 0 Å². The third kappa shape index (κ3) is 5.32. The number of nitrogens with zero attached hydrogens (tertiary/aromatic N) is 1. The predicted molar refractivity (Wildman–Crippen MR) is 164 cm³/mol. The van der Waals surface area contributed by atoms with Gasteiger partial charge in [-0.1, -0.05) is 102 Å². The van der Waals surface area contributed by atoms with Gasteiger partial charge >= 0.3 is 0 Å². The summed E-state index contributed by atoms with van der Waals surface area (Å²) in [7, 11) is 0. The summed E-state index contributed by atoms with van der Waals surface area (Å²) in [5, 5.41) is 4.26.